The molecule has 1 saturated heterocycles. The molecule has 1 aliphatic carbocycles. The molecule has 132 valence electrons. The van der Waals surface area contributed by atoms with Crippen LogP contribution in [0.5, 0.6) is 0 Å². The predicted octanol–water partition coefficient (Wildman–Crippen LogP) is 1.06. The van der Waals surface area contributed by atoms with Gasteiger partial charge >= 0.3 is 0 Å². The Hall–Kier alpha value is -1.44. The fourth-order valence-electron chi connectivity index (χ4n) is 3.60. The standard InChI is InChI=1S/C17H25N3O3S/c1-18(2)24(22,23)20-11-9-19(10-12-20)17(21)13-15-8-7-14-5-3-4-6-16(14)15/h3-6,15H,7-13H2,1-2H3. The van der Waals surface area contributed by atoms with Crippen LogP contribution in [0.3, 0.4) is 0 Å². The summed E-state index contributed by atoms with van der Waals surface area (Å²) < 4.78 is 26.9. The molecule has 0 aromatic heterocycles. The van der Waals surface area contributed by atoms with E-state index in [-0.39, 0.29) is 5.91 Å². The van der Waals surface area contributed by atoms with Gasteiger partial charge in [0.1, 0.15) is 0 Å². The summed E-state index contributed by atoms with van der Waals surface area (Å²) in [5, 5.41) is 0. The lowest BCUT2D eigenvalue weighted by Crippen LogP contribution is -2.53. The van der Waals surface area contributed by atoms with E-state index >= 15 is 0 Å². The summed E-state index contributed by atoms with van der Waals surface area (Å²) in [6.07, 6.45) is 2.60. The molecule has 1 aliphatic heterocycles. The van der Waals surface area contributed by atoms with Crippen LogP contribution in [-0.2, 0) is 21.4 Å². The molecule has 0 bridgehead atoms. The van der Waals surface area contributed by atoms with Crippen molar-refractivity contribution in [2.75, 3.05) is 40.3 Å². The lowest BCUT2D eigenvalue weighted by atomic mass is 9.97. The number of amides is 1. The van der Waals surface area contributed by atoms with E-state index in [1.165, 1.54) is 33.8 Å². The summed E-state index contributed by atoms with van der Waals surface area (Å²) in [7, 11) is -0.318. The van der Waals surface area contributed by atoms with Gasteiger partial charge in [-0.2, -0.15) is 17.0 Å². The van der Waals surface area contributed by atoms with Gasteiger partial charge in [-0.15, -0.1) is 0 Å². The zero-order chi connectivity index (χ0) is 17.3. The fourth-order valence-corrected chi connectivity index (χ4v) is 4.68. The lowest BCUT2D eigenvalue weighted by molar-refractivity contribution is -0.132. The van der Waals surface area contributed by atoms with Gasteiger partial charge in [0.2, 0.25) is 5.91 Å². The van der Waals surface area contributed by atoms with Crippen LogP contribution in [0.2, 0.25) is 0 Å². The van der Waals surface area contributed by atoms with E-state index < -0.39 is 10.2 Å². The Morgan fingerprint density at radius 1 is 1.17 bits per heavy atom. The number of rotatable bonds is 4. The van der Waals surface area contributed by atoms with Crippen LogP contribution in [-0.4, -0.2) is 68.1 Å². The predicted molar refractivity (Wildman–Crippen MR) is 92.9 cm³/mol. The van der Waals surface area contributed by atoms with Gasteiger partial charge in [-0.3, -0.25) is 4.79 Å². The van der Waals surface area contributed by atoms with E-state index in [1.54, 1.807) is 0 Å². The van der Waals surface area contributed by atoms with Crippen LogP contribution < -0.4 is 0 Å². The molecule has 1 heterocycles. The Balaban J connectivity index is 1.57. The van der Waals surface area contributed by atoms with E-state index in [4.69, 9.17) is 0 Å². The lowest BCUT2D eigenvalue weighted by Gasteiger charge is -2.35. The van der Waals surface area contributed by atoms with Crippen molar-refractivity contribution in [2.45, 2.75) is 25.2 Å². The third kappa shape index (κ3) is 3.34. The largest absolute Gasteiger partial charge is 0.340 e. The Morgan fingerprint density at radius 2 is 1.83 bits per heavy atom. The first-order valence-corrected chi connectivity index (χ1v) is 9.82. The van der Waals surface area contributed by atoms with Crippen LogP contribution >= 0.6 is 0 Å². The zero-order valence-corrected chi connectivity index (χ0v) is 15.1. The third-order valence-electron chi connectivity index (χ3n) is 5.06. The molecule has 1 fully saturated rings. The molecule has 24 heavy (non-hydrogen) atoms. The van der Waals surface area contributed by atoms with E-state index in [0.717, 1.165) is 12.8 Å². The van der Waals surface area contributed by atoms with Crippen molar-refractivity contribution in [1.29, 1.82) is 0 Å². The molecule has 0 N–H and O–H groups in total. The summed E-state index contributed by atoms with van der Waals surface area (Å²) in [5.41, 5.74) is 2.66. The van der Waals surface area contributed by atoms with Gasteiger partial charge in [0.05, 0.1) is 0 Å². The molecule has 1 amide bonds. The first-order valence-electron chi connectivity index (χ1n) is 8.43. The second-order valence-corrected chi connectivity index (χ2v) is 8.85. The summed E-state index contributed by atoms with van der Waals surface area (Å²) in [6, 6.07) is 8.35. The number of nitrogens with zero attached hydrogens (tertiary/aromatic N) is 3. The van der Waals surface area contributed by atoms with Gasteiger partial charge in [0, 0.05) is 46.7 Å². The molecule has 0 saturated carbocycles. The molecule has 1 aromatic rings. The number of carbonyl (C=O) groups excluding carboxylic acids is 1. The molecule has 7 heteroatoms. The average Bonchev–Trinajstić information content (AvgIpc) is 2.98. The Labute approximate surface area is 144 Å². The monoisotopic (exact) mass is 351 g/mol. The van der Waals surface area contributed by atoms with Gasteiger partial charge in [-0.1, -0.05) is 24.3 Å². The maximum atomic E-state index is 12.6. The SMILES string of the molecule is CN(C)S(=O)(=O)N1CCN(C(=O)CC2CCc3ccccc32)CC1. The first-order chi connectivity index (χ1) is 11.4. The number of hydrogen-bond acceptors (Lipinski definition) is 3. The Kier molecular flexibility index (Phi) is 4.94. The molecule has 2 aliphatic rings. The Bertz CT molecular complexity index is 710. The van der Waals surface area contributed by atoms with Gasteiger partial charge in [0.25, 0.3) is 10.2 Å². The topological polar surface area (TPSA) is 60.9 Å². The van der Waals surface area contributed by atoms with Crippen molar-refractivity contribution in [2.24, 2.45) is 0 Å². The van der Waals surface area contributed by atoms with Crippen LogP contribution in [0.1, 0.15) is 29.9 Å². The highest BCUT2D eigenvalue weighted by Crippen LogP contribution is 2.35. The Morgan fingerprint density at radius 3 is 2.50 bits per heavy atom. The number of hydrogen-bond donors (Lipinski definition) is 0. The van der Waals surface area contributed by atoms with Crippen LogP contribution in [0, 0.1) is 0 Å². The minimum absolute atomic E-state index is 0.138. The second-order valence-electron chi connectivity index (χ2n) is 6.71. The third-order valence-corrected chi connectivity index (χ3v) is 7.00. The highest BCUT2D eigenvalue weighted by Gasteiger charge is 2.32. The van der Waals surface area contributed by atoms with Crippen molar-refractivity contribution < 1.29 is 13.2 Å². The van der Waals surface area contributed by atoms with Gasteiger partial charge in [-0.25, -0.2) is 0 Å². The van der Waals surface area contributed by atoms with Crippen molar-refractivity contribution >= 4 is 16.1 Å². The molecular formula is C17H25N3O3S. The molecule has 3 rings (SSSR count). The number of fused-ring (bicyclic) bond motifs is 1. The minimum atomic E-state index is -3.38. The number of piperazine rings is 1. The van der Waals surface area contributed by atoms with Gasteiger partial charge in [0.15, 0.2) is 0 Å². The van der Waals surface area contributed by atoms with Crippen molar-refractivity contribution in [1.82, 2.24) is 13.5 Å². The smallest absolute Gasteiger partial charge is 0.281 e. The average molecular weight is 351 g/mol. The molecule has 6 nitrogen and oxygen atoms in total. The van der Waals surface area contributed by atoms with E-state index in [0.29, 0.717) is 38.5 Å². The van der Waals surface area contributed by atoms with Crippen molar-refractivity contribution in [3.05, 3.63) is 35.4 Å². The maximum Gasteiger partial charge on any atom is 0.281 e. The summed E-state index contributed by atoms with van der Waals surface area (Å²) in [5.74, 6) is 0.441. The van der Waals surface area contributed by atoms with E-state index in [1.807, 2.05) is 17.0 Å². The van der Waals surface area contributed by atoms with Crippen molar-refractivity contribution in [3.8, 4) is 0 Å². The van der Waals surface area contributed by atoms with E-state index in [2.05, 4.69) is 12.1 Å². The summed E-state index contributed by atoms with van der Waals surface area (Å²) in [4.78, 5) is 14.4. The number of aryl methyl sites for hydroxylation is 1. The molecule has 1 atom stereocenters. The zero-order valence-electron chi connectivity index (χ0n) is 14.3. The molecule has 1 aromatic carbocycles. The van der Waals surface area contributed by atoms with Crippen LogP contribution in [0.15, 0.2) is 24.3 Å². The van der Waals surface area contributed by atoms with Crippen molar-refractivity contribution in [3.63, 3.8) is 0 Å². The quantitative estimate of drug-likeness (QED) is 0.815. The number of benzene rings is 1. The molecule has 1 unspecified atom stereocenters. The fraction of sp³-hybridized carbons (Fsp3) is 0.588. The van der Waals surface area contributed by atoms with Gasteiger partial charge in [-0.05, 0) is 29.9 Å². The highest BCUT2D eigenvalue weighted by molar-refractivity contribution is 7.86. The highest BCUT2D eigenvalue weighted by atomic mass is 32.2. The van der Waals surface area contributed by atoms with E-state index in [9.17, 15) is 13.2 Å². The van der Waals surface area contributed by atoms with Gasteiger partial charge < -0.3 is 4.90 Å². The first kappa shape index (κ1) is 17.4. The number of carbonyl (C=O) groups is 1. The second kappa shape index (κ2) is 6.82. The summed E-state index contributed by atoms with van der Waals surface area (Å²) >= 11 is 0. The van der Waals surface area contributed by atoms with Crippen LogP contribution in [0.4, 0.5) is 0 Å². The normalized spacial score (nSPS) is 22.0. The minimum Gasteiger partial charge on any atom is -0.340 e. The van der Waals surface area contributed by atoms with Crippen LogP contribution in [0.25, 0.3) is 0 Å². The molecular weight excluding hydrogens is 326 g/mol. The molecule has 0 spiro atoms. The maximum absolute atomic E-state index is 12.6. The summed E-state index contributed by atoms with van der Waals surface area (Å²) in [6.45, 7) is 1.68. The molecule has 0 radical (unpaired) electrons.